The van der Waals surface area contributed by atoms with Crippen molar-refractivity contribution in [3.8, 4) is 11.5 Å². The van der Waals surface area contributed by atoms with E-state index in [0.29, 0.717) is 21.8 Å². The quantitative estimate of drug-likeness (QED) is 0.193. The lowest BCUT2D eigenvalue weighted by Crippen LogP contribution is -2.08. The number of rotatable bonds is 10. The second kappa shape index (κ2) is 12.0. The SMILES string of the molecule is O=C(CCCCCCCC(=O)Oc1ccc(Br)c(F)c1)Oc1ccc(Br)c(F)c1. The van der Waals surface area contributed by atoms with E-state index in [1.807, 2.05) is 0 Å². The predicted molar refractivity (Wildman–Crippen MR) is 112 cm³/mol. The molecular weight excluding hydrogens is 514 g/mol. The molecule has 0 spiro atoms. The van der Waals surface area contributed by atoms with E-state index >= 15 is 0 Å². The standard InChI is InChI=1S/C21H20Br2F2O4/c22-16-10-8-14(12-18(16)24)28-20(26)6-4-2-1-3-5-7-21(27)29-15-9-11-17(23)19(25)13-15/h8-13H,1-7H2. The summed E-state index contributed by atoms with van der Waals surface area (Å²) < 4.78 is 37.6. The fourth-order valence-electron chi connectivity index (χ4n) is 2.51. The van der Waals surface area contributed by atoms with Crippen LogP contribution in [0.4, 0.5) is 8.78 Å². The molecule has 4 nitrogen and oxygen atoms in total. The molecule has 0 bridgehead atoms. The van der Waals surface area contributed by atoms with Gasteiger partial charge in [0.15, 0.2) is 0 Å². The van der Waals surface area contributed by atoms with Crippen LogP contribution in [0.2, 0.25) is 0 Å². The number of ether oxygens (including phenoxy) is 2. The van der Waals surface area contributed by atoms with Crippen molar-refractivity contribution in [1.29, 1.82) is 0 Å². The first kappa shape index (κ1) is 23.5. The Kier molecular flexibility index (Phi) is 9.73. The molecule has 0 saturated carbocycles. The minimum absolute atomic E-state index is 0.180. The summed E-state index contributed by atoms with van der Waals surface area (Å²) in [7, 11) is 0. The van der Waals surface area contributed by atoms with E-state index in [4.69, 9.17) is 9.47 Å². The minimum Gasteiger partial charge on any atom is -0.426 e. The van der Waals surface area contributed by atoms with Crippen LogP contribution in [0.3, 0.4) is 0 Å². The Morgan fingerprint density at radius 2 is 1.07 bits per heavy atom. The first-order valence-corrected chi connectivity index (χ1v) is 10.7. The number of carbonyl (C=O) groups is 2. The molecule has 2 rings (SSSR count). The van der Waals surface area contributed by atoms with Gasteiger partial charge in [-0.2, -0.15) is 0 Å². The van der Waals surface area contributed by atoms with Gasteiger partial charge in [-0.25, -0.2) is 8.78 Å². The van der Waals surface area contributed by atoms with E-state index in [9.17, 15) is 18.4 Å². The van der Waals surface area contributed by atoms with Crippen LogP contribution in [0.5, 0.6) is 11.5 Å². The Labute approximate surface area is 184 Å². The van der Waals surface area contributed by atoms with Crippen LogP contribution in [0.15, 0.2) is 45.3 Å². The van der Waals surface area contributed by atoms with E-state index in [1.54, 1.807) is 0 Å². The molecule has 0 aliphatic rings. The van der Waals surface area contributed by atoms with Gasteiger partial charge in [0, 0.05) is 25.0 Å². The molecule has 2 aromatic carbocycles. The first-order valence-electron chi connectivity index (χ1n) is 9.16. The molecule has 156 valence electrons. The van der Waals surface area contributed by atoms with E-state index in [2.05, 4.69) is 31.9 Å². The van der Waals surface area contributed by atoms with Crippen molar-refractivity contribution in [2.24, 2.45) is 0 Å². The fraction of sp³-hybridized carbons (Fsp3) is 0.333. The van der Waals surface area contributed by atoms with Crippen LogP contribution in [0.25, 0.3) is 0 Å². The van der Waals surface area contributed by atoms with Gasteiger partial charge in [-0.3, -0.25) is 9.59 Å². The van der Waals surface area contributed by atoms with Gasteiger partial charge in [-0.15, -0.1) is 0 Å². The highest BCUT2D eigenvalue weighted by molar-refractivity contribution is 9.10. The molecule has 0 unspecified atom stereocenters. The number of halogens is 4. The van der Waals surface area contributed by atoms with E-state index in [-0.39, 0.29) is 24.3 Å². The number of carbonyl (C=O) groups excluding carboxylic acids is 2. The van der Waals surface area contributed by atoms with Crippen LogP contribution in [-0.2, 0) is 9.59 Å². The molecule has 0 heterocycles. The van der Waals surface area contributed by atoms with Gasteiger partial charge in [0.2, 0.25) is 0 Å². The Bertz CT molecular complexity index is 789. The number of hydrogen-bond acceptors (Lipinski definition) is 4. The van der Waals surface area contributed by atoms with Crippen LogP contribution >= 0.6 is 31.9 Å². The molecule has 0 aliphatic carbocycles. The Morgan fingerprint density at radius 3 is 1.45 bits per heavy atom. The lowest BCUT2D eigenvalue weighted by molar-refractivity contribution is -0.135. The zero-order valence-electron chi connectivity index (χ0n) is 15.6. The smallest absolute Gasteiger partial charge is 0.311 e. The summed E-state index contributed by atoms with van der Waals surface area (Å²) in [5.74, 6) is -1.42. The summed E-state index contributed by atoms with van der Waals surface area (Å²) in [5, 5.41) is 0. The van der Waals surface area contributed by atoms with E-state index in [1.165, 1.54) is 24.3 Å². The third kappa shape index (κ3) is 8.62. The van der Waals surface area contributed by atoms with E-state index < -0.39 is 23.6 Å². The highest BCUT2D eigenvalue weighted by Gasteiger charge is 2.09. The third-order valence-electron chi connectivity index (χ3n) is 4.01. The maximum atomic E-state index is 13.4. The molecule has 8 heteroatoms. The number of esters is 2. The molecule has 2 aromatic rings. The van der Waals surface area contributed by atoms with Gasteiger partial charge in [0.1, 0.15) is 23.1 Å². The third-order valence-corrected chi connectivity index (χ3v) is 5.29. The maximum absolute atomic E-state index is 13.4. The summed E-state index contributed by atoms with van der Waals surface area (Å²) in [6.45, 7) is 0. The summed E-state index contributed by atoms with van der Waals surface area (Å²) in [6.07, 6.45) is 4.29. The van der Waals surface area contributed by atoms with Gasteiger partial charge in [-0.1, -0.05) is 19.3 Å². The summed E-state index contributed by atoms with van der Waals surface area (Å²) in [5.41, 5.74) is 0. The van der Waals surface area contributed by atoms with Gasteiger partial charge in [0.05, 0.1) is 8.95 Å². The molecule has 29 heavy (non-hydrogen) atoms. The predicted octanol–water partition coefficient (Wildman–Crippen LogP) is 6.73. The molecule has 0 fully saturated rings. The van der Waals surface area contributed by atoms with Crippen molar-refractivity contribution in [3.05, 3.63) is 57.0 Å². The fourth-order valence-corrected chi connectivity index (χ4v) is 3.01. The highest BCUT2D eigenvalue weighted by Crippen LogP contribution is 2.22. The van der Waals surface area contributed by atoms with Crippen molar-refractivity contribution >= 4 is 43.8 Å². The van der Waals surface area contributed by atoms with Crippen LogP contribution in [-0.4, -0.2) is 11.9 Å². The van der Waals surface area contributed by atoms with Gasteiger partial charge >= 0.3 is 11.9 Å². The molecule has 0 N–H and O–H groups in total. The second-order valence-electron chi connectivity index (χ2n) is 6.37. The average molecular weight is 534 g/mol. The normalized spacial score (nSPS) is 10.6. The van der Waals surface area contributed by atoms with Crippen LogP contribution in [0, 0.1) is 11.6 Å². The molecule has 0 amide bonds. The minimum atomic E-state index is -0.487. The Hall–Kier alpha value is -1.80. The average Bonchev–Trinajstić information content (AvgIpc) is 2.67. The summed E-state index contributed by atoms with van der Waals surface area (Å²) in [6, 6.07) is 8.32. The topological polar surface area (TPSA) is 52.6 Å². The van der Waals surface area contributed by atoms with Gasteiger partial charge < -0.3 is 9.47 Å². The van der Waals surface area contributed by atoms with Gasteiger partial charge in [0.25, 0.3) is 0 Å². The number of unbranched alkanes of at least 4 members (excludes halogenated alkanes) is 4. The lowest BCUT2D eigenvalue weighted by Gasteiger charge is -2.06. The van der Waals surface area contributed by atoms with Crippen molar-refractivity contribution in [1.82, 2.24) is 0 Å². The van der Waals surface area contributed by atoms with Crippen molar-refractivity contribution in [2.75, 3.05) is 0 Å². The highest BCUT2D eigenvalue weighted by atomic mass is 79.9. The van der Waals surface area contributed by atoms with E-state index in [0.717, 1.165) is 31.4 Å². The molecule has 0 radical (unpaired) electrons. The molecule has 0 atom stereocenters. The zero-order chi connectivity index (χ0) is 21.2. The zero-order valence-corrected chi connectivity index (χ0v) is 18.7. The maximum Gasteiger partial charge on any atom is 0.311 e. The molecule has 0 aromatic heterocycles. The van der Waals surface area contributed by atoms with Crippen LogP contribution < -0.4 is 9.47 Å². The largest absolute Gasteiger partial charge is 0.426 e. The molecule has 0 saturated heterocycles. The first-order chi connectivity index (χ1) is 13.8. The Balaban J connectivity index is 1.54. The lowest BCUT2D eigenvalue weighted by atomic mass is 10.1. The van der Waals surface area contributed by atoms with Crippen molar-refractivity contribution in [2.45, 2.75) is 44.9 Å². The molecular formula is C21H20Br2F2O4. The van der Waals surface area contributed by atoms with Crippen LogP contribution in [0.1, 0.15) is 44.9 Å². The van der Waals surface area contributed by atoms with Crippen molar-refractivity contribution in [3.63, 3.8) is 0 Å². The number of benzene rings is 2. The summed E-state index contributed by atoms with van der Waals surface area (Å²) in [4.78, 5) is 23.5. The second-order valence-corrected chi connectivity index (χ2v) is 8.08. The van der Waals surface area contributed by atoms with Gasteiger partial charge in [-0.05, 0) is 69.0 Å². The van der Waals surface area contributed by atoms with Crippen molar-refractivity contribution < 1.29 is 27.8 Å². The molecule has 0 aliphatic heterocycles. The summed E-state index contributed by atoms with van der Waals surface area (Å²) >= 11 is 6.07. The number of hydrogen-bond donors (Lipinski definition) is 0. The monoisotopic (exact) mass is 532 g/mol. The Morgan fingerprint density at radius 1 is 0.690 bits per heavy atom.